The third-order valence-corrected chi connectivity index (χ3v) is 5.36. The van der Waals surface area contributed by atoms with Crippen LogP contribution in [0, 0.1) is 5.92 Å². The lowest BCUT2D eigenvalue weighted by molar-refractivity contribution is 0.150. The van der Waals surface area contributed by atoms with Crippen molar-refractivity contribution in [3.8, 4) is 0 Å². The zero-order valence-electron chi connectivity index (χ0n) is 15.8. The summed E-state index contributed by atoms with van der Waals surface area (Å²) in [5.74, 6) is -0.0839. The topological polar surface area (TPSA) is 45.4 Å². The van der Waals surface area contributed by atoms with Gasteiger partial charge in [0.25, 0.3) is 0 Å². The van der Waals surface area contributed by atoms with Gasteiger partial charge in [-0.1, -0.05) is 56.9 Å². The van der Waals surface area contributed by atoms with Crippen LogP contribution in [0.4, 0.5) is 0 Å². The van der Waals surface area contributed by atoms with Gasteiger partial charge in [-0.15, -0.1) is 0 Å². The number of hydrogen-bond donors (Lipinski definition) is 2. The highest BCUT2D eigenvalue weighted by Gasteiger charge is 2.13. The lowest BCUT2D eigenvalue weighted by atomic mass is 9.99. The minimum absolute atomic E-state index is 0.0219. The first-order valence-corrected chi connectivity index (χ1v) is 10.00. The maximum Gasteiger partial charge on any atom is 0.0491 e. The van der Waals surface area contributed by atoms with Gasteiger partial charge < -0.3 is 14.8 Å². The Bertz CT molecular complexity index is 833. The molecule has 3 heteroatoms. The van der Waals surface area contributed by atoms with Gasteiger partial charge in [0.05, 0.1) is 0 Å². The van der Waals surface area contributed by atoms with Gasteiger partial charge >= 0.3 is 0 Å². The third-order valence-electron chi connectivity index (χ3n) is 5.36. The van der Waals surface area contributed by atoms with Crippen molar-refractivity contribution in [1.29, 1.82) is 0 Å². The predicted molar refractivity (Wildman–Crippen MR) is 110 cm³/mol. The number of aliphatic hydroxyl groups is 2. The first-order chi connectivity index (χ1) is 12.8. The highest BCUT2D eigenvalue weighted by molar-refractivity contribution is 6.08. The average molecular weight is 354 g/mol. The zero-order chi connectivity index (χ0) is 18.4. The molecule has 0 unspecified atom stereocenters. The molecule has 2 aromatic carbocycles. The maximum absolute atomic E-state index is 9.37. The fourth-order valence-electron chi connectivity index (χ4n) is 3.86. The van der Waals surface area contributed by atoms with Crippen LogP contribution < -0.4 is 0 Å². The fourth-order valence-corrected chi connectivity index (χ4v) is 3.86. The molecule has 0 saturated heterocycles. The molecule has 0 aliphatic carbocycles. The second-order valence-corrected chi connectivity index (χ2v) is 7.37. The number of hydrogen-bond acceptors (Lipinski definition) is 2. The lowest BCUT2D eigenvalue weighted by Gasteiger charge is -2.11. The third kappa shape index (κ3) is 4.11. The average Bonchev–Trinajstić information content (AvgIpc) is 2.99. The quantitative estimate of drug-likeness (QED) is 0.509. The molecule has 2 N–H and O–H groups in total. The molecule has 0 atom stereocenters. The van der Waals surface area contributed by atoms with E-state index < -0.39 is 0 Å². The molecule has 0 aliphatic rings. The molecule has 140 valence electrons. The highest BCUT2D eigenvalue weighted by atomic mass is 16.3. The Hall–Kier alpha value is -1.84. The van der Waals surface area contributed by atoms with Crippen LogP contribution in [-0.4, -0.2) is 28.0 Å². The van der Waals surface area contributed by atoms with Crippen LogP contribution in [0.15, 0.2) is 42.5 Å². The van der Waals surface area contributed by atoms with Crippen molar-refractivity contribution in [3.05, 3.63) is 48.0 Å². The molecule has 0 saturated carbocycles. The van der Waals surface area contributed by atoms with Crippen LogP contribution in [0.3, 0.4) is 0 Å². The number of unbranched alkanes of at least 4 members (excludes halogenated alkanes) is 4. The number of aryl methyl sites for hydroxylation is 1. The van der Waals surface area contributed by atoms with Crippen molar-refractivity contribution in [2.45, 2.75) is 52.0 Å². The standard InChI is InChI=1S/C23H31NO2/c1-2-3-4-5-8-13-24-22-10-7-6-9-20(22)21-15-18(11-12-23(21)24)14-19(16-25)17-26/h6-7,9-12,15,19,25-26H,2-5,8,13-14,16-17H2,1H3. The molecule has 26 heavy (non-hydrogen) atoms. The van der Waals surface area contributed by atoms with Crippen molar-refractivity contribution in [3.63, 3.8) is 0 Å². The first-order valence-electron chi connectivity index (χ1n) is 10.00. The largest absolute Gasteiger partial charge is 0.396 e. The SMILES string of the molecule is CCCCCCCn1c2ccccc2c2cc(CC(CO)CO)ccc21. The summed E-state index contributed by atoms with van der Waals surface area (Å²) in [7, 11) is 0. The van der Waals surface area contributed by atoms with E-state index in [1.54, 1.807) is 0 Å². The van der Waals surface area contributed by atoms with E-state index in [1.807, 2.05) is 0 Å². The van der Waals surface area contributed by atoms with Crippen LogP contribution in [0.2, 0.25) is 0 Å². The Morgan fingerprint density at radius 2 is 1.58 bits per heavy atom. The Kier molecular flexibility index (Phi) is 6.70. The van der Waals surface area contributed by atoms with E-state index in [0.29, 0.717) is 6.42 Å². The number of fused-ring (bicyclic) bond motifs is 3. The minimum atomic E-state index is -0.0839. The predicted octanol–water partition coefficient (Wildman–Crippen LogP) is 4.91. The lowest BCUT2D eigenvalue weighted by Crippen LogP contribution is -2.13. The van der Waals surface area contributed by atoms with Crippen molar-refractivity contribution >= 4 is 21.8 Å². The van der Waals surface area contributed by atoms with E-state index in [-0.39, 0.29) is 19.1 Å². The maximum atomic E-state index is 9.37. The molecule has 1 aromatic heterocycles. The molecular weight excluding hydrogens is 322 g/mol. The Morgan fingerprint density at radius 3 is 2.35 bits per heavy atom. The molecule has 3 nitrogen and oxygen atoms in total. The summed E-state index contributed by atoms with van der Waals surface area (Å²) in [4.78, 5) is 0. The number of nitrogens with zero attached hydrogens (tertiary/aromatic N) is 1. The number of benzene rings is 2. The minimum Gasteiger partial charge on any atom is -0.396 e. The van der Waals surface area contributed by atoms with Gasteiger partial charge in [-0.3, -0.25) is 0 Å². The summed E-state index contributed by atoms with van der Waals surface area (Å²) in [5.41, 5.74) is 3.77. The summed E-state index contributed by atoms with van der Waals surface area (Å²) < 4.78 is 2.45. The Balaban J connectivity index is 1.91. The summed E-state index contributed by atoms with van der Waals surface area (Å²) in [6.07, 6.45) is 7.14. The molecule has 0 amide bonds. The van der Waals surface area contributed by atoms with Crippen molar-refractivity contribution in [2.24, 2.45) is 5.92 Å². The van der Waals surface area contributed by atoms with Gasteiger partial charge in [-0.05, 0) is 36.6 Å². The van der Waals surface area contributed by atoms with Crippen LogP contribution in [0.25, 0.3) is 21.8 Å². The molecular formula is C23H31NO2. The molecule has 0 radical (unpaired) electrons. The Morgan fingerprint density at radius 1 is 0.846 bits per heavy atom. The van der Waals surface area contributed by atoms with Crippen molar-refractivity contribution in [1.82, 2.24) is 4.57 Å². The molecule has 0 bridgehead atoms. The van der Waals surface area contributed by atoms with E-state index in [1.165, 1.54) is 59.5 Å². The van der Waals surface area contributed by atoms with E-state index in [9.17, 15) is 10.2 Å². The van der Waals surface area contributed by atoms with E-state index in [2.05, 4.69) is 54.0 Å². The van der Waals surface area contributed by atoms with E-state index >= 15 is 0 Å². The second-order valence-electron chi connectivity index (χ2n) is 7.37. The van der Waals surface area contributed by atoms with Gasteiger partial charge in [0.1, 0.15) is 0 Å². The highest BCUT2D eigenvalue weighted by Crippen LogP contribution is 2.30. The van der Waals surface area contributed by atoms with Crippen molar-refractivity contribution in [2.75, 3.05) is 13.2 Å². The van der Waals surface area contributed by atoms with Crippen LogP contribution in [0.1, 0.15) is 44.6 Å². The summed E-state index contributed by atoms with van der Waals surface area (Å²) in [6, 6.07) is 15.2. The first kappa shape index (κ1) is 18.9. The molecule has 0 fully saturated rings. The van der Waals surface area contributed by atoms with Gasteiger partial charge in [0.2, 0.25) is 0 Å². The van der Waals surface area contributed by atoms with Crippen molar-refractivity contribution < 1.29 is 10.2 Å². The number of aliphatic hydroxyl groups excluding tert-OH is 2. The van der Waals surface area contributed by atoms with Gasteiger partial charge in [-0.25, -0.2) is 0 Å². The van der Waals surface area contributed by atoms with Crippen LogP contribution >= 0.6 is 0 Å². The second kappa shape index (κ2) is 9.20. The number of rotatable bonds is 10. The normalized spacial score (nSPS) is 11.8. The smallest absolute Gasteiger partial charge is 0.0491 e. The summed E-state index contributed by atoms with van der Waals surface area (Å²) >= 11 is 0. The molecule has 3 aromatic rings. The fraction of sp³-hybridized carbons (Fsp3) is 0.478. The Labute approximate surface area is 156 Å². The van der Waals surface area contributed by atoms with Gasteiger partial charge in [0, 0.05) is 47.5 Å². The monoisotopic (exact) mass is 353 g/mol. The molecule has 3 rings (SSSR count). The molecule has 0 spiro atoms. The summed E-state index contributed by atoms with van der Waals surface area (Å²) in [6.45, 7) is 3.35. The number of aromatic nitrogens is 1. The molecule has 1 heterocycles. The zero-order valence-corrected chi connectivity index (χ0v) is 15.8. The number of para-hydroxylation sites is 1. The summed E-state index contributed by atoms with van der Waals surface area (Å²) in [5, 5.41) is 21.3. The molecule has 0 aliphatic heterocycles. The van der Waals surface area contributed by atoms with E-state index in [4.69, 9.17) is 0 Å². The van der Waals surface area contributed by atoms with Crippen LogP contribution in [-0.2, 0) is 13.0 Å². The van der Waals surface area contributed by atoms with Gasteiger partial charge in [0.15, 0.2) is 0 Å². The van der Waals surface area contributed by atoms with Gasteiger partial charge in [-0.2, -0.15) is 0 Å². The van der Waals surface area contributed by atoms with Crippen LogP contribution in [0.5, 0.6) is 0 Å². The van der Waals surface area contributed by atoms with E-state index in [0.717, 1.165) is 6.54 Å².